The third-order valence-corrected chi connectivity index (χ3v) is 2.77. The molecule has 8 heteroatoms. The Kier molecular flexibility index (Phi) is 4.86. The molecule has 1 atom stereocenters. The van der Waals surface area contributed by atoms with Crippen molar-refractivity contribution >= 4 is 12.0 Å². The molecule has 1 heterocycles. The molecular weight excluding hydrogens is 274 g/mol. The number of carbonyl (C=O) groups excluding carboxylic acids is 1. The van der Waals surface area contributed by atoms with Crippen LogP contribution in [0.25, 0.3) is 0 Å². The van der Waals surface area contributed by atoms with Gasteiger partial charge in [-0.2, -0.15) is 5.10 Å². The predicted molar refractivity (Wildman–Crippen MR) is 73.4 cm³/mol. The van der Waals surface area contributed by atoms with Crippen LogP contribution in [-0.4, -0.2) is 38.8 Å². The maximum atomic E-state index is 11.7. The van der Waals surface area contributed by atoms with E-state index in [4.69, 9.17) is 0 Å². The summed E-state index contributed by atoms with van der Waals surface area (Å²) >= 11 is 0. The summed E-state index contributed by atoms with van der Waals surface area (Å²) in [7, 11) is 0. The first-order chi connectivity index (χ1) is 10.2. The number of aromatic amines is 1. The van der Waals surface area contributed by atoms with E-state index in [2.05, 4.69) is 25.8 Å². The molecule has 1 unspecified atom stereocenters. The Bertz CT molecular complexity index is 585. The summed E-state index contributed by atoms with van der Waals surface area (Å²) in [5.41, 5.74) is 0.510. The molecule has 0 bridgehead atoms. The van der Waals surface area contributed by atoms with Crippen LogP contribution in [-0.2, 0) is 11.2 Å². The first-order valence-electron chi connectivity index (χ1n) is 6.33. The number of rotatable bonds is 6. The molecule has 1 aromatic carbocycles. The summed E-state index contributed by atoms with van der Waals surface area (Å²) in [6.07, 6.45) is 1.86. The highest BCUT2D eigenvalue weighted by atomic mass is 16.4. The van der Waals surface area contributed by atoms with Crippen LogP contribution in [0.2, 0.25) is 0 Å². The lowest BCUT2D eigenvalue weighted by Crippen LogP contribution is -2.41. The van der Waals surface area contributed by atoms with Crippen molar-refractivity contribution in [2.45, 2.75) is 12.5 Å². The van der Waals surface area contributed by atoms with Crippen molar-refractivity contribution in [2.75, 3.05) is 6.54 Å². The van der Waals surface area contributed by atoms with Crippen molar-refractivity contribution in [3.05, 3.63) is 48.0 Å². The number of hydrogen-bond donors (Lipinski definition) is 4. The van der Waals surface area contributed by atoms with Crippen molar-refractivity contribution in [2.24, 2.45) is 0 Å². The molecule has 0 aliphatic carbocycles. The van der Waals surface area contributed by atoms with Gasteiger partial charge in [0.2, 0.25) is 0 Å². The van der Waals surface area contributed by atoms with Crippen molar-refractivity contribution in [1.82, 2.24) is 25.8 Å². The minimum Gasteiger partial charge on any atom is -0.479 e. The third-order valence-electron chi connectivity index (χ3n) is 2.77. The number of nitrogens with one attached hydrogen (secondary N) is 3. The number of amides is 2. The van der Waals surface area contributed by atoms with Crippen LogP contribution >= 0.6 is 0 Å². The first-order valence-corrected chi connectivity index (χ1v) is 6.33. The van der Waals surface area contributed by atoms with Crippen LogP contribution in [0.4, 0.5) is 4.79 Å². The smallest absolute Gasteiger partial charge is 0.330 e. The van der Waals surface area contributed by atoms with E-state index in [0.29, 0.717) is 24.4 Å². The second-order valence-corrected chi connectivity index (χ2v) is 4.26. The van der Waals surface area contributed by atoms with Gasteiger partial charge in [0.15, 0.2) is 6.04 Å². The quantitative estimate of drug-likeness (QED) is 0.616. The minimum absolute atomic E-state index is 0.322. The van der Waals surface area contributed by atoms with Gasteiger partial charge in [-0.25, -0.2) is 14.6 Å². The number of nitrogens with zero attached hydrogens (tertiary/aromatic N) is 2. The second kappa shape index (κ2) is 7.04. The normalized spacial score (nSPS) is 11.6. The van der Waals surface area contributed by atoms with E-state index in [9.17, 15) is 14.7 Å². The Hall–Kier alpha value is -2.90. The molecule has 0 spiro atoms. The Morgan fingerprint density at radius 2 is 2.05 bits per heavy atom. The molecule has 0 fully saturated rings. The number of aromatic nitrogens is 3. The van der Waals surface area contributed by atoms with E-state index in [1.807, 2.05) is 0 Å². The van der Waals surface area contributed by atoms with E-state index in [1.165, 1.54) is 6.33 Å². The van der Waals surface area contributed by atoms with Gasteiger partial charge >= 0.3 is 12.0 Å². The highest BCUT2D eigenvalue weighted by Crippen LogP contribution is 2.12. The second-order valence-electron chi connectivity index (χ2n) is 4.26. The Labute approximate surface area is 120 Å². The maximum Gasteiger partial charge on any atom is 0.330 e. The average Bonchev–Trinajstić information content (AvgIpc) is 2.98. The van der Waals surface area contributed by atoms with Crippen molar-refractivity contribution < 1.29 is 14.7 Å². The first kappa shape index (κ1) is 14.5. The lowest BCUT2D eigenvalue weighted by molar-refractivity contribution is -0.139. The van der Waals surface area contributed by atoms with Crippen LogP contribution in [0.1, 0.15) is 17.4 Å². The predicted octanol–water partition coefficient (Wildman–Crippen LogP) is 0.472. The molecule has 1 aromatic heterocycles. The summed E-state index contributed by atoms with van der Waals surface area (Å²) in [6, 6.07) is 6.87. The van der Waals surface area contributed by atoms with Gasteiger partial charge in [0.25, 0.3) is 0 Å². The Morgan fingerprint density at radius 3 is 2.67 bits per heavy atom. The van der Waals surface area contributed by atoms with Gasteiger partial charge in [0.05, 0.1) is 0 Å². The largest absolute Gasteiger partial charge is 0.479 e. The molecule has 2 amide bonds. The Morgan fingerprint density at radius 1 is 1.29 bits per heavy atom. The van der Waals surface area contributed by atoms with Gasteiger partial charge in [0.1, 0.15) is 12.2 Å². The number of carbonyl (C=O) groups is 2. The molecule has 0 aliphatic heterocycles. The van der Waals surface area contributed by atoms with Crippen LogP contribution in [0, 0.1) is 0 Å². The standard InChI is InChI=1S/C13H15N5O3/c19-12(20)11(9-4-2-1-3-5-9)17-13(21)14-7-6-10-15-8-16-18-10/h1-5,8,11H,6-7H2,(H,19,20)(H2,14,17,21)(H,15,16,18). The topological polar surface area (TPSA) is 120 Å². The number of carboxylic acid groups (broad SMARTS) is 1. The fourth-order valence-corrected chi connectivity index (χ4v) is 1.76. The number of benzene rings is 1. The number of carboxylic acids is 1. The number of urea groups is 1. The molecule has 2 aromatic rings. The SMILES string of the molecule is O=C(NCCc1ncn[nH]1)NC(C(=O)O)c1ccccc1. The summed E-state index contributed by atoms with van der Waals surface area (Å²) in [4.78, 5) is 26.9. The lowest BCUT2D eigenvalue weighted by atomic mass is 10.1. The third kappa shape index (κ3) is 4.30. The number of H-pyrrole nitrogens is 1. The zero-order valence-electron chi connectivity index (χ0n) is 11.1. The molecule has 8 nitrogen and oxygen atoms in total. The van der Waals surface area contributed by atoms with E-state index >= 15 is 0 Å². The fourth-order valence-electron chi connectivity index (χ4n) is 1.76. The van der Waals surface area contributed by atoms with Crippen LogP contribution in [0.3, 0.4) is 0 Å². The minimum atomic E-state index is -1.12. The maximum absolute atomic E-state index is 11.7. The molecule has 110 valence electrons. The highest BCUT2D eigenvalue weighted by molar-refractivity contribution is 5.83. The summed E-state index contributed by atoms with van der Waals surface area (Å²) in [5, 5.41) is 20.5. The van der Waals surface area contributed by atoms with E-state index < -0.39 is 18.0 Å². The summed E-state index contributed by atoms with van der Waals surface area (Å²) in [5.74, 6) is -0.472. The van der Waals surface area contributed by atoms with Crippen LogP contribution in [0.15, 0.2) is 36.7 Å². The van der Waals surface area contributed by atoms with Gasteiger partial charge in [-0.15, -0.1) is 0 Å². The molecule has 2 rings (SSSR count). The lowest BCUT2D eigenvalue weighted by Gasteiger charge is -2.15. The molecule has 0 aliphatic rings. The van der Waals surface area contributed by atoms with Gasteiger partial charge in [-0.3, -0.25) is 5.10 Å². The van der Waals surface area contributed by atoms with E-state index in [-0.39, 0.29) is 0 Å². The van der Waals surface area contributed by atoms with E-state index in [0.717, 1.165) is 0 Å². The molecule has 0 saturated heterocycles. The molecule has 21 heavy (non-hydrogen) atoms. The van der Waals surface area contributed by atoms with Gasteiger partial charge in [-0.1, -0.05) is 30.3 Å². The summed E-state index contributed by atoms with van der Waals surface area (Å²) in [6.45, 7) is 0.322. The van der Waals surface area contributed by atoms with Gasteiger partial charge < -0.3 is 15.7 Å². The Balaban J connectivity index is 1.85. The molecule has 0 radical (unpaired) electrons. The van der Waals surface area contributed by atoms with Crippen molar-refractivity contribution in [1.29, 1.82) is 0 Å². The zero-order chi connectivity index (χ0) is 15.1. The van der Waals surface area contributed by atoms with Crippen LogP contribution < -0.4 is 10.6 Å². The highest BCUT2D eigenvalue weighted by Gasteiger charge is 2.21. The van der Waals surface area contributed by atoms with Crippen LogP contribution in [0.5, 0.6) is 0 Å². The number of hydrogen-bond acceptors (Lipinski definition) is 4. The zero-order valence-corrected chi connectivity index (χ0v) is 11.1. The monoisotopic (exact) mass is 289 g/mol. The van der Waals surface area contributed by atoms with Gasteiger partial charge in [-0.05, 0) is 5.56 Å². The fraction of sp³-hybridized carbons (Fsp3) is 0.231. The van der Waals surface area contributed by atoms with E-state index in [1.54, 1.807) is 30.3 Å². The molecule has 0 saturated carbocycles. The average molecular weight is 289 g/mol. The summed E-state index contributed by atoms with van der Waals surface area (Å²) < 4.78 is 0. The van der Waals surface area contributed by atoms with Gasteiger partial charge in [0, 0.05) is 13.0 Å². The molecule has 4 N–H and O–H groups in total. The number of aliphatic carboxylic acids is 1. The molecular formula is C13H15N5O3. The van der Waals surface area contributed by atoms with Crippen molar-refractivity contribution in [3.63, 3.8) is 0 Å². The van der Waals surface area contributed by atoms with Crippen molar-refractivity contribution in [3.8, 4) is 0 Å².